The van der Waals surface area contributed by atoms with Gasteiger partial charge in [-0.2, -0.15) is 0 Å². The second kappa shape index (κ2) is 9.50. The first-order valence-electron chi connectivity index (χ1n) is 9.32. The van der Waals surface area contributed by atoms with Crippen molar-refractivity contribution in [3.05, 3.63) is 53.1 Å². The first-order valence-corrected chi connectivity index (χ1v) is 11.5. The molecule has 0 aliphatic carbocycles. The lowest BCUT2D eigenvalue weighted by molar-refractivity contribution is -0.117. The number of ether oxygens (including phenoxy) is 1. The molecule has 0 fully saturated rings. The fraction of sp³-hybridized carbons (Fsp3) is 0.381. The number of methoxy groups -OCH3 is 1. The second-order valence-electron chi connectivity index (χ2n) is 7.07. The SMILES string of the molecule is CCC(C(=O)Nc1ccc(C(C)C)cc1)N(c1ccc(OC)c(Cl)c1)S(C)(=O)=O. The van der Waals surface area contributed by atoms with E-state index in [4.69, 9.17) is 16.3 Å². The standard InChI is InChI=1S/C21H27ClN2O4S/c1-6-19(21(25)23-16-9-7-15(8-10-16)14(2)3)24(29(5,26)27)17-11-12-20(28-4)18(22)13-17/h7-14,19H,6H2,1-5H3,(H,23,25). The van der Waals surface area contributed by atoms with Crippen molar-refractivity contribution >= 4 is 38.9 Å². The van der Waals surface area contributed by atoms with Gasteiger partial charge in [0.15, 0.2) is 0 Å². The number of carbonyl (C=O) groups excluding carboxylic acids is 1. The van der Waals surface area contributed by atoms with Crippen LogP contribution in [0.3, 0.4) is 0 Å². The molecule has 2 aromatic rings. The Morgan fingerprint density at radius 3 is 2.24 bits per heavy atom. The first kappa shape index (κ1) is 23.0. The lowest BCUT2D eigenvalue weighted by atomic mass is 10.0. The van der Waals surface area contributed by atoms with Crippen molar-refractivity contribution in [1.29, 1.82) is 0 Å². The maximum absolute atomic E-state index is 13.0. The first-order chi connectivity index (χ1) is 13.6. The van der Waals surface area contributed by atoms with Gasteiger partial charge in [-0.1, -0.05) is 44.5 Å². The molecular weight excluding hydrogens is 412 g/mol. The number of nitrogens with one attached hydrogen (secondary N) is 1. The molecule has 0 aromatic heterocycles. The van der Waals surface area contributed by atoms with Gasteiger partial charge in [-0.05, 0) is 48.2 Å². The maximum atomic E-state index is 13.0. The number of hydrogen-bond acceptors (Lipinski definition) is 4. The lowest BCUT2D eigenvalue weighted by Gasteiger charge is -2.30. The highest BCUT2D eigenvalue weighted by Gasteiger charge is 2.32. The summed E-state index contributed by atoms with van der Waals surface area (Å²) in [6.07, 6.45) is 1.35. The van der Waals surface area contributed by atoms with Crippen molar-refractivity contribution in [2.24, 2.45) is 0 Å². The van der Waals surface area contributed by atoms with Crippen molar-refractivity contribution in [1.82, 2.24) is 0 Å². The van der Waals surface area contributed by atoms with Crippen LogP contribution in [0.1, 0.15) is 38.7 Å². The zero-order valence-corrected chi connectivity index (χ0v) is 18.8. The predicted molar refractivity (Wildman–Crippen MR) is 119 cm³/mol. The van der Waals surface area contributed by atoms with Gasteiger partial charge in [-0.15, -0.1) is 0 Å². The molecule has 0 aliphatic rings. The number of rotatable bonds is 8. The van der Waals surface area contributed by atoms with Gasteiger partial charge in [0.1, 0.15) is 11.8 Å². The van der Waals surface area contributed by atoms with Crippen LogP contribution in [0.5, 0.6) is 5.75 Å². The molecule has 0 saturated heterocycles. The third-order valence-corrected chi connectivity index (χ3v) is 6.04. The minimum atomic E-state index is -3.75. The molecule has 2 aromatic carbocycles. The molecular formula is C21H27ClN2O4S. The van der Waals surface area contributed by atoms with Crippen LogP contribution in [0.25, 0.3) is 0 Å². The van der Waals surface area contributed by atoms with E-state index in [2.05, 4.69) is 19.2 Å². The quantitative estimate of drug-likeness (QED) is 0.650. The van der Waals surface area contributed by atoms with Crippen LogP contribution < -0.4 is 14.4 Å². The van der Waals surface area contributed by atoms with Crippen LogP contribution in [0, 0.1) is 0 Å². The van der Waals surface area contributed by atoms with Crippen LogP contribution in [0.2, 0.25) is 5.02 Å². The Bertz CT molecular complexity index is 959. The van der Waals surface area contributed by atoms with E-state index in [1.165, 1.54) is 13.2 Å². The summed E-state index contributed by atoms with van der Waals surface area (Å²) in [6.45, 7) is 5.94. The van der Waals surface area contributed by atoms with Gasteiger partial charge >= 0.3 is 0 Å². The molecule has 0 aliphatic heterocycles. The average Bonchev–Trinajstić information content (AvgIpc) is 2.65. The Balaban J connectivity index is 2.35. The maximum Gasteiger partial charge on any atom is 0.248 e. The van der Waals surface area contributed by atoms with Gasteiger partial charge in [0.25, 0.3) is 0 Å². The Hall–Kier alpha value is -2.25. The zero-order chi connectivity index (χ0) is 21.8. The number of amides is 1. The summed E-state index contributed by atoms with van der Waals surface area (Å²) < 4.78 is 31.3. The van der Waals surface area contributed by atoms with Crippen molar-refractivity contribution in [3.63, 3.8) is 0 Å². The van der Waals surface area contributed by atoms with Crippen molar-refractivity contribution in [3.8, 4) is 5.75 Å². The van der Waals surface area contributed by atoms with Gasteiger partial charge in [0.05, 0.1) is 24.1 Å². The zero-order valence-electron chi connectivity index (χ0n) is 17.3. The van der Waals surface area contributed by atoms with Gasteiger partial charge < -0.3 is 10.1 Å². The summed E-state index contributed by atoms with van der Waals surface area (Å²) in [5.41, 5.74) is 2.06. The largest absolute Gasteiger partial charge is 0.495 e. The number of anilines is 2. The molecule has 6 nitrogen and oxygen atoms in total. The van der Waals surface area contributed by atoms with E-state index in [1.54, 1.807) is 19.1 Å². The molecule has 1 amide bonds. The van der Waals surface area contributed by atoms with Crippen LogP contribution in [-0.2, 0) is 14.8 Å². The monoisotopic (exact) mass is 438 g/mol. The van der Waals surface area contributed by atoms with Crippen molar-refractivity contribution < 1.29 is 17.9 Å². The van der Waals surface area contributed by atoms with Crippen molar-refractivity contribution in [2.75, 3.05) is 23.0 Å². The van der Waals surface area contributed by atoms with E-state index < -0.39 is 22.0 Å². The molecule has 0 bridgehead atoms. The average molecular weight is 439 g/mol. The molecule has 0 radical (unpaired) electrons. The Morgan fingerprint density at radius 1 is 1.17 bits per heavy atom. The third kappa shape index (κ3) is 5.64. The summed E-state index contributed by atoms with van der Waals surface area (Å²) in [5.74, 6) is 0.387. The van der Waals surface area contributed by atoms with E-state index >= 15 is 0 Å². The highest BCUT2D eigenvalue weighted by Crippen LogP contribution is 2.32. The summed E-state index contributed by atoms with van der Waals surface area (Å²) in [6, 6.07) is 11.2. The number of hydrogen-bond donors (Lipinski definition) is 1. The van der Waals surface area contributed by atoms with E-state index in [-0.39, 0.29) is 11.4 Å². The van der Waals surface area contributed by atoms with E-state index in [0.717, 1.165) is 16.1 Å². The molecule has 8 heteroatoms. The molecule has 1 unspecified atom stereocenters. The molecule has 1 N–H and O–H groups in total. The van der Waals surface area contributed by atoms with Crippen molar-refractivity contribution in [2.45, 2.75) is 39.2 Å². The third-order valence-electron chi connectivity index (χ3n) is 4.56. The number of halogens is 1. The predicted octanol–water partition coefficient (Wildman–Crippen LogP) is 4.66. The topological polar surface area (TPSA) is 75.7 Å². The number of carbonyl (C=O) groups is 1. The molecule has 29 heavy (non-hydrogen) atoms. The fourth-order valence-electron chi connectivity index (χ4n) is 3.03. The summed E-state index contributed by atoms with van der Waals surface area (Å²) >= 11 is 6.17. The minimum Gasteiger partial charge on any atom is -0.495 e. The fourth-order valence-corrected chi connectivity index (χ4v) is 4.49. The Labute approximate surface area is 177 Å². The number of sulfonamides is 1. The number of benzene rings is 2. The second-order valence-corrected chi connectivity index (χ2v) is 9.33. The molecule has 1 atom stereocenters. The molecule has 2 rings (SSSR count). The highest BCUT2D eigenvalue weighted by atomic mass is 35.5. The molecule has 0 heterocycles. The minimum absolute atomic E-state index is 0.262. The molecule has 0 spiro atoms. The smallest absolute Gasteiger partial charge is 0.248 e. The van der Waals surface area contributed by atoms with Gasteiger partial charge in [0.2, 0.25) is 15.9 Å². The van der Waals surface area contributed by atoms with Crippen LogP contribution in [0.15, 0.2) is 42.5 Å². The summed E-state index contributed by atoms with van der Waals surface area (Å²) in [5, 5.41) is 3.08. The van der Waals surface area contributed by atoms with Gasteiger partial charge in [0, 0.05) is 5.69 Å². The number of nitrogens with zero attached hydrogens (tertiary/aromatic N) is 1. The Morgan fingerprint density at radius 2 is 1.79 bits per heavy atom. The van der Waals surface area contributed by atoms with Gasteiger partial charge in [-0.3, -0.25) is 9.10 Å². The lowest BCUT2D eigenvalue weighted by Crippen LogP contribution is -2.47. The van der Waals surface area contributed by atoms with Crippen LogP contribution >= 0.6 is 11.6 Å². The highest BCUT2D eigenvalue weighted by molar-refractivity contribution is 7.92. The van der Waals surface area contributed by atoms with Crippen LogP contribution in [0.4, 0.5) is 11.4 Å². The summed E-state index contributed by atoms with van der Waals surface area (Å²) in [7, 11) is -2.27. The van der Waals surface area contributed by atoms with E-state index in [9.17, 15) is 13.2 Å². The molecule has 158 valence electrons. The van der Waals surface area contributed by atoms with Gasteiger partial charge in [-0.25, -0.2) is 8.42 Å². The van der Waals surface area contributed by atoms with Crippen LogP contribution in [-0.4, -0.2) is 33.7 Å². The summed E-state index contributed by atoms with van der Waals surface area (Å²) in [4.78, 5) is 13.0. The van der Waals surface area contributed by atoms with E-state index in [1.807, 2.05) is 24.3 Å². The normalized spacial score (nSPS) is 12.5. The van der Waals surface area contributed by atoms with E-state index in [0.29, 0.717) is 23.0 Å². The Kier molecular flexibility index (Phi) is 7.54. The molecule has 0 saturated carbocycles.